The first kappa shape index (κ1) is 13.0. The maximum atomic E-state index is 11.7. The van der Waals surface area contributed by atoms with Crippen molar-refractivity contribution in [1.82, 2.24) is 20.3 Å². The minimum absolute atomic E-state index is 0.349. The third-order valence-electron chi connectivity index (χ3n) is 3.31. The van der Waals surface area contributed by atoms with Gasteiger partial charge >= 0.3 is 5.97 Å². The number of methoxy groups -OCH3 is 1. The lowest BCUT2D eigenvalue weighted by molar-refractivity contribution is 0.0591. The van der Waals surface area contributed by atoms with Gasteiger partial charge < -0.3 is 10.1 Å². The van der Waals surface area contributed by atoms with Gasteiger partial charge in [-0.3, -0.25) is 0 Å². The summed E-state index contributed by atoms with van der Waals surface area (Å²) >= 11 is 0. The Bertz CT molecular complexity index is 410. The smallest absolute Gasteiger partial charge is 0.360 e. The standard InChI is InChI=1S/C12H20N4O2/c1-3-8-16-11(9-4-6-13-7-5-9)10(14-15-16)12(17)18-2/h9,13H,3-8H2,1-2H3. The molecule has 0 unspecified atom stereocenters. The summed E-state index contributed by atoms with van der Waals surface area (Å²) in [5, 5.41) is 11.4. The van der Waals surface area contributed by atoms with Crippen LogP contribution in [0, 0.1) is 0 Å². The average Bonchev–Trinajstić information content (AvgIpc) is 2.83. The largest absolute Gasteiger partial charge is 0.464 e. The fourth-order valence-electron chi connectivity index (χ4n) is 2.44. The number of carbonyl (C=O) groups is 1. The molecule has 0 amide bonds. The number of aromatic nitrogens is 3. The van der Waals surface area contributed by atoms with Crippen LogP contribution in [0.1, 0.15) is 48.3 Å². The van der Waals surface area contributed by atoms with E-state index in [2.05, 4.69) is 22.6 Å². The van der Waals surface area contributed by atoms with E-state index in [-0.39, 0.29) is 5.97 Å². The first-order valence-electron chi connectivity index (χ1n) is 6.50. The van der Waals surface area contributed by atoms with Crippen LogP contribution in [0.15, 0.2) is 0 Å². The van der Waals surface area contributed by atoms with Crippen molar-refractivity contribution in [2.24, 2.45) is 0 Å². The molecule has 0 saturated carbocycles. The molecule has 0 bridgehead atoms. The van der Waals surface area contributed by atoms with E-state index < -0.39 is 0 Å². The first-order chi connectivity index (χ1) is 8.77. The van der Waals surface area contributed by atoms with Gasteiger partial charge in [-0.25, -0.2) is 9.48 Å². The monoisotopic (exact) mass is 252 g/mol. The predicted molar refractivity (Wildman–Crippen MR) is 66.5 cm³/mol. The van der Waals surface area contributed by atoms with Crippen LogP contribution in [0.25, 0.3) is 0 Å². The molecule has 2 heterocycles. The highest BCUT2D eigenvalue weighted by Crippen LogP contribution is 2.27. The zero-order valence-electron chi connectivity index (χ0n) is 11.0. The van der Waals surface area contributed by atoms with Crippen molar-refractivity contribution in [3.63, 3.8) is 0 Å². The van der Waals surface area contributed by atoms with Crippen LogP contribution in [0.4, 0.5) is 0 Å². The van der Waals surface area contributed by atoms with Gasteiger partial charge in [0.25, 0.3) is 0 Å². The molecule has 1 aromatic rings. The summed E-state index contributed by atoms with van der Waals surface area (Å²) in [7, 11) is 1.38. The van der Waals surface area contributed by atoms with Crippen molar-refractivity contribution in [2.45, 2.75) is 38.6 Å². The van der Waals surface area contributed by atoms with Gasteiger partial charge in [-0.2, -0.15) is 0 Å². The van der Waals surface area contributed by atoms with E-state index in [0.29, 0.717) is 11.6 Å². The van der Waals surface area contributed by atoms with E-state index in [0.717, 1.165) is 44.6 Å². The van der Waals surface area contributed by atoms with Crippen LogP contribution in [-0.4, -0.2) is 41.2 Å². The molecule has 0 spiro atoms. The van der Waals surface area contributed by atoms with Crippen molar-refractivity contribution < 1.29 is 9.53 Å². The number of nitrogens with one attached hydrogen (secondary N) is 1. The normalized spacial score (nSPS) is 16.8. The van der Waals surface area contributed by atoms with Crippen molar-refractivity contribution in [3.05, 3.63) is 11.4 Å². The fourth-order valence-corrected chi connectivity index (χ4v) is 2.44. The highest BCUT2D eigenvalue weighted by molar-refractivity contribution is 5.88. The van der Waals surface area contributed by atoms with Crippen molar-refractivity contribution in [3.8, 4) is 0 Å². The summed E-state index contributed by atoms with van der Waals surface area (Å²) in [4.78, 5) is 11.7. The van der Waals surface area contributed by atoms with Crippen molar-refractivity contribution in [1.29, 1.82) is 0 Å². The second-order valence-corrected chi connectivity index (χ2v) is 4.56. The lowest BCUT2D eigenvalue weighted by Crippen LogP contribution is -2.28. The second-order valence-electron chi connectivity index (χ2n) is 4.56. The van der Waals surface area contributed by atoms with Crippen LogP contribution in [-0.2, 0) is 11.3 Å². The molecule has 1 N–H and O–H groups in total. The van der Waals surface area contributed by atoms with E-state index >= 15 is 0 Å². The third-order valence-corrected chi connectivity index (χ3v) is 3.31. The molecule has 100 valence electrons. The van der Waals surface area contributed by atoms with Gasteiger partial charge in [-0.1, -0.05) is 12.1 Å². The van der Waals surface area contributed by atoms with Gasteiger partial charge in [-0.05, 0) is 32.4 Å². The molecule has 0 aliphatic carbocycles. The Morgan fingerprint density at radius 3 is 2.83 bits per heavy atom. The van der Waals surface area contributed by atoms with Gasteiger partial charge in [0.2, 0.25) is 0 Å². The van der Waals surface area contributed by atoms with Gasteiger partial charge in [0.05, 0.1) is 12.8 Å². The number of nitrogens with zero attached hydrogens (tertiary/aromatic N) is 3. The van der Waals surface area contributed by atoms with Crippen molar-refractivity contribution in [2.75, 3.05) is 20.2 Å². The lowest BCUT2D eigenvalue weighted by Gasteiger charge is -2.23. The van der Waals surface area contributed by atoms with Gasteiger partial charge in [-0.15, -0.1) is 5.10 Å². The molecular formula is C12H20N4O2. The molecule has 0 aromatic carbocycles. The summed E-state index contributed by atoms with van der Waals surface area (Å²) < 4.78 is 6.65. The number of piperidine rings is 1. The molecule has 1 fully saturated rings. The quantitative estimate of drug-likeness (QED) is 0.808. The highest BCUT2D eigenvalue weighted by Gasteiger charge is 2.27. The minimum atomic E-state index is -0.383. The number of hydrogen-bond acceptors (Lipinski definition) is 5. The molecule has 18 heavy (non-hydrogen) atoms. The Balaban J connectivity index is 2.32. The minimum Gasteiger partial charge on any atom is -0.464 e. The molecular weight excluding hydrogens is 232 g/mol. The van der Waals surface area contributed by atoms with Crippen LogP contribution in [0.5, 0.6) is 0 Å². The van der Waals surface area contributed by atoms with E-state index in [1.165, 1.54) is 7.11 Å². The second kappa shape index (κ2) is 5.95. The fraction of sp³-hybridized carbons (Fsp3) is 0.750. The number of carbonyl (C=O) groups excluding carboxylic acids is 1. The molecule has 0 radical (unpaired) electrons. The number of hydrogen-bond donors (Lipinski definition) is 1. The number of ether oxygens (including phenoxy) is 1. The van der Waals surface area contributed by atoms with Gasteiger partial charge in [0.1, 0.15) is 0 Å². The molecule has 6 heteroatoms. The van der Waals surface area contributed by atoms with E-state index in [4.69, 9.17) is 4.74 Å². The Kier molecular flexibility index (Phi) is 4.30. The average molecular weight is 252 g/mol. The number of esters is 1. The van der Waals surface area contributed by atoms with E-state index in [9.17, 15) is 4.79 Å². The number of rotatable bonds is 4. The van der Waals surface area contributed by atoms with Crippen LogP contribution < -0.4 is 5.32 Å². The Hall–Kier alpha value is -1.43. The summed E-state index contributed by atoms with van der Waals surface area (Å²) in [6.07, 6.45) is 3.00. The number of aryl methyl sites for hydroxylation is 1. The molecule has 1 aliphatic heterocycles. The molecule has 2 rings (SSSR count). The maximum absolute atomic E-state index is 11.7. The molecule has 1 aromatic heterocycles. The Labute approximate surface area is 107 Å². The van der Waals surface area contributed by atoms with E-state index in [1.54, 1.807) is 0 Å². The zero-order valence-corrected chi connectivity index (χ0v) is 11.0. The third kappa shape index (κ3) is 2.53. The first-order valence-corrected chi connectivity index (χ1v) is 6.50. The van der Waals surface area contributed by atoms with Crippen LogP contribution in [0.2, 0.25) is 0 Å². The summed E-state index contributed by atoms with van der Waals surface area (Å²) in [6.45, 7) is 4.83. The SMILES string of the molecule is CCCn1nnc(C(=O)OC)c1C1CCNCC1. The predicted octanol–water partition coefficient (Wildman–Crippen LogP) is 0.942. The molecule has 1 saturated heterocycles. The van der Waals surface area contributed by atoms with Crippen molar-refractivity contribution >= 4 is 5.97 Å². The summed E-state index contributed by atoms with van der Waals surface area (Å²) in [6, 6.07) is 0. The molecule has 1 aliphatic rings. The molecule has 0 atom stereocenters. The summed E-state index contributed by atoms with van der Waals surface area (Å²) in [5.74, 6) is -0.0345. The van der Waals surface area contributed by atoms with Crippen LogP contribution >= 0.6 is 0 Å². The Morgan fingerprint density at radius 1 is 1.50 bits per heavy atom. The van der Waals surface area contributed by atoms with Gasteiger partial charge in [0, 0.05) is 12.5 Å². The highest BCUT2D eigenvalue weighted by atomic mass is 16.5. The van der Waals surface area contributed by atoms with Gasteiger partial charge in [0.15, 0.2) is 5.69 Å². The van der Waals surface area contributed by atoms with Crippen LogP contribution in [0.3, 0.4) is 0 Å². The zero-order chi connectivity index (χ0) is 13.0. The topological polar surface area (TPSA) is 69.0 Å². The maximum Gasteiger partial charge on any atom is 0.360 e. The molecule has 6 nitrogen and oxygen atoms in total. The lowest BCUT2D eigenvalue weighted by atomic mass is 9.93. The van der Waals surface area contributed by atoms with E-state index in [1.807, 2.05) is 4.68 Å². The Morgan fingerprint density at radius 2 is 2.22 bits per heavy atom. The summed E-state index contributed by atoms with van der Waals surface area (Å²) in [5.41, 5.74) is 1.34.